The molecule has 2 N–H and O–H groups in total. The summed E-state index contributed by atoms with van der Waals surface area (Å²) in [5, 5.41) is 17.7. The molecule has 6 heteroatoms. The highest BCUT2D eigenvalue weighted by Gasteiger charge is 2.17. The Morgan fingerprint density at radius 1 is 1.09 bits per heavy atom. The summed E-state index contributed by atoms with van der Waals surface area (Å²) in [5.74, 6) is -1.09. The summed E-state index contributed by atoms with van der Waals surface area (Å²) < 4.78 is 10.5. The van der Waals surface area contributed by atoms with Crippen LogP contribution >= 0.6 is 0 Å². The molecule has 0 spiro atoms. The molecule has 1 aromatic carbocycles. The minimum Gasteiger partial charge on any atom is -0.497 e. The molecule has 0 amide bonds. The van der Waals surface area contributed by atoms with E-state index < -0.39 is 18.0 Å². The van der Waals surface area contributed by atoms with Crippen LogP contribution in [0.25, 0.3) is 0 Å². The highest BCUT2D eigenvalue weighted by molar-refractivity contribution is 5.72. The van der Waals surface area contributed by atoms with Crippen LogP contribution in [0.3, 0.4) is 0 Å². The number of benzene rings is 1. The molecule has 0 saturated heterocycles. The Hall–Kier alpha value is -2.08. The van der Waals surface area contributed by atoms with Crippen LogP contribution in [-0.2, 0) is 20.9 Å². The van der Waals surface area contributed by atoms with Crippen molar-refractivity contribution in [2.24, 2.45) is 0 Å². The van der Waals surface area contributed by atoms with Crippen molar-refractivity contribution in [3.8, 4) is 5.75 Å². The van der Waals surface area contributed by atoms with Crippen molar-refractivity contribution in [2.75, 3.05) is 7.11 Å². The molecule has 0 aliphatic rings. The van der Waals surface area contributed by atoms with Crippen LogP contribution in [0.4, 0.5) is 0 Å². The van der Waals surface area contributed by atoms with E-state index in [4.69, 9.17) is 19.7 Å². The Balaban J connectivity index is 2.33. The van der Waals surface area contributed by atoms with Gasteiger partial charge in [0.05, 0.1) is 13.7 Å². The highest BCUT2D eigenvalue weighted by Crippen LogP contribution is 2.14. The van der Waals surface area contributed by atoms with Crippen LogP contribution in [0.15, 0.2) is 24.3 Å². The molecule has 1 aromatic rings. The number of hydrogen-bond donors (Lipinski definition) is 2. The van der Waals surface area contributed by atoms with Gasteiger partial charge in [-0.05, 0) is 30.5 Å². The van der Waals surface area contributed by atoms with Gasteiger partial charge in [-0.3, -0.25) is 4.79 Å². The van der Waals surface area contributed by atoms with Gasteiger partial charge in [-0.25, -0.2) is 4.79 Å². The van der Waals surface area contributed by atoms with Gasteiger partial charge in [-0.1, -0.05) is 25.0 Å². The van der Waals surface area contributed by atoms with Crippen LogP contribution < -0.4 is 4.74 Å². The second-order valence-electron chi connectivity index (χ2n) is 4.98. The van der Waals surface area contributed by atoms with Crippen LogP contribution in [0.5, 0.6) is 5.75 Å². The third-order valence-electron chi connectivity index (χ3n) is 3.24. The number of carbonyl (C=O) groups is 2. The Labute approximate surface area is 129 Å². The van der Waals surface area contributed by atoms with E-state index in [1.807, 2.05) is 12.1 Å². The zero-order valence-corrected chi connectivity index (χ0v) is 12.7. The molecule has 0 bridgehead atoms. The summed E-state index contributed by atoms with van der Waals surface area (Å²) in [5.41, 5.74) is 0.873. The van der Waals surface area contributed by atoms with Crippen molar-refractivity contribution in [3.63, 3.8) is 0 Å². The van der Waals surface area contributed by atoms with Crippen molar-refractivity contribution in [3.05, 3.63) is 29.8 Å². The molecule has 0 aromatic heterocycles. The highest BCUT2D eigenvalue weighted by atomic mass is 16.5. The van der Waals surface area contributed by atoms with Crippen molar-refractivity contribution in [1.29, 1.82) is 0 Å². The van der Waals surface area contributed by atoms with Gasteiger partial charge in [0.1, 0.15) is 5.75 Å². The molecular weight excluding hydrogens is 288 g/mol. The predicted molar refractivity (Wildman–Crippen MR) is 79.9 cm³/mol. The molecule has 0 saturated carbocycles. The van der Waals surface area contributed by atoms with Crippen LogP contribution in [0.2, 0.25) is 0 Å². The lowest BCUT2D eigenvalue weighted by Gasteiger charge is -2.13. The first-order valence-electron chi connectivity index (χ1n) is 7.22. The van der Waals surface area contributed by atoms with Crippen molar-refractivity contribution in [2.45, 2.75) is 44.8 Å². The van der Waals surface area contributed by atoms with Gasteiger partial charge in [-0.15, -0.1) is 0 Å². The summed E-state index contributed by atoms with van der Waals surface area (Å²) in [4.78, 5) is 21.5. The summed E-state index contributed by atoms with van der Waals surface area (Å²) in [6, 6.07) is 7.23. The number of methoxy groups -OCH3 is 1. The van der Waals surface area contributed by atoms with E-state index >= 15 is 0 Å². The molecule has 22 heavy (non-hydrogen) atoms. The van der Waals surface area contributed by atoms with E-state index in [1.165, 1.54) is 0 Å². The number of unbranched alkanes of at least 4 members (excludes halogenated alkanes) is 2. The van der Waals surface area contributed by atoms with Gasteiger partial charge < -0.3 is 19.7 Å². The second kappa shape index (κ2) is 9.78. The lowest BCUT2D eigenvalue weighted by Crippen LogP contribution is -2.23. The van der Waals surface area contributed by atoms with Gasteiger partial charge in [0.25, 0.3) is 0 Å². The molecule has 0 aliphatic carbocycles. The summed E-state index contributed by atoms with van der Waals surface area (Å²) in [6.45, 7) is 0.218. The smallest absolute Gasteiger partial charge is 0.332 e. The number of carboxylic acid groups (broad SMARTS) is 2. The average molecular weight is 310 g/mol. The Bertz CT molecular complexity index is 468. The number of carboxylic acids is 2. The third-order valence-corrected chi connectivity index (χ3v) is 3.24. The SMILES string of the molecule is COc1ccc(COC(CCCCCC(=O)O)C(=O)O)cc1. The number of hydrogen-bond acceptors (Lipinski definition) is 4. The quantitative estimate of drug-likeness (QED) is 0.610. The number of ether oxygens (including phenoxy) is 2. The molecule has 1 rings (SSSR count). The summed E-state index contributed by atoms with van der Waals surface area (Å²) >= 11 is 0. The van der Waals surface area contributed by atoms with E-state index in [0.29, 0.717) is 25.7 Å². The maximum absolute atomic E-state index is 11.2. The van der Waals surface area contributed by atoms with Crippen molar-refractivity contribution < 1.29 is 29.3 Å². The fourth-order valence-electron chi connectivity index (χ4n) is 1.98. The zero-order chi connectivity index (χ0) is 16.4. The second-order valence-corrected chi connectivity index (χ2v) is 4.98. The van der Waals surface area contributed by atoms with Gasteiger partial charge >= 0.3 is 11.9 Å². The maximum Gasteiger partial charge on any atom is 0.332 e. The molecule has 0 aliphatic heterocycles. The normalized spacial score (nSPS) is 11.9. The Morgan fingerprint density at radius 2 is 1.77 bits per heavy atom. The lowest BCUT2D eigenvalue weighted by molar-refractivity contribution is -0.151. The molecule has 0 radical (unpaired) electrons. The van der Waals surface area contributed by atoms with E-state index in [1.54, 1.807) is 19.2 Å². The molecule has 6 nitrogen and oxygen atoms in total. The van der Waals surface area contributed by atoms with Gasteiger partial charge in [0.15, 0.2) is 6.10 Å². The number of rotatable bonds is 11. The Kier molecular flexibility index (Phi) is 7.99. The van der Waals surface area contributed by atoms with Crippen molar-refractivity contribution >= 4 is 11.9 Å². The van der Waals surface area contributed by atoms with E-state index in [-0.39, 0.29) is 13.0 Å². The first kappa shape index (κ1) is 18.0. The predicted octanol–water partition coefficient (Wildman–Crippen LogP) is 2.70. The van der Waals surface area contributed by atoms with Crippen LogP contribution in [0, 0.1) is 0 Å². The fourth-order valence-corrected chi connectivity index (χ4v) is 1.98. The molecule has 0 heterocycles. The average Bonchev–Trinajstić information content (AvgIpc) is 2.49. The first-order chi connectivity index (χ1) is 10.5. The largest absolute Gasteiger partial charge is 0.497 e. The summed E-state index contributed by atoms with van der Waals surface area (Å²) in [6.07, 6.45) is 1.50. The molecule has 1 unspecified atom stereocenters. The maximum atomic E-state index is 11.2. The lowest BCUT2D eigenvalue weighted by atomic mass is 10.1. The van der Waals surface area contributed by atoms with Crippen LogP contribution in [0.1, 0.15) is 37.7 Å². The van der Waals surface area contributed by atoms with Crippen LogP contribution in [-0.4, -0.2) is 35.4 Å². The standard InChI is InChI=1S/C16H22O6/c1-21-13-9-7-12(8-10-13)11-22-14(16(19)20)5-3-2-4-6-15(17)18/h7-10,14H,2-6,11H2,1H3,(H,17,18)(H,19,20). The minimum atomic E-state index is -0.994. The topological polar surface area (TPSA) is 93.1 Å². The fraction of sp³-hybridized carbons (Fsp3) is 0.500. The van der Waals surface area contributed by atoms with Gasteiger partial charge in [0, 0.05) is 6.42 Å². The molecular formula is C16H22O6. The van der Waals surface area contributed by atoms with Crippen molar-refractivity contribution in [1.82, 2.24) is 0 Å². The molecule has 0 fully saturated rings. The van der Waals surface area contributed by atoms with Gasteiger partial charge in [0.2, 0.25) is 0 Å². The zero-order valence-electron chi connectivity index (χ0n) is 12.7. The minimum absolute atomic E-state index is 0.116. The Morgan fingerprint density at radius 3 is 2.32 bits per heavy atom. The number of aliphatic carboxylic acids is 2. The third kappa shape index (κ3) is 7.08. The summed E-state index contributed by atoms with van der Waals surface area (Å²) in [7, 11) is 1.58. The monoisotopic (exact) mass is 310 g/mol. The van der Waals surface area contributed by atoms with E-state index in [9.17, 15) is 9.59 Å². The van der Waals surface area contributed by atoms with E-state index in [2.05, 4.69) is 0 Å². The van der Waals surface area contributed by atoms with Gasteiger partial charge in [-0.2, -0.15) is 0 Å². The van der Waals surface area contributed by atoms with E-state index in [0.717, 1.165) is 11.3 Å². The molecule has 1 atom stereocenters. The first-order valence-corrected chi connectivity index (χ1v) is 7.22. The molecule has 122 valence electrons.